The zero-order chi connectivity index (χ0) is 12.1. The van der Waals surface area contributed by atoms with Gasteiger partial charge in [0.15, 0.2) is 0 Å². The van der Waals surface area contributed by atoms with Gasteiger partial charge in [0.1, 0.15) is 10.4 Å². The van der Waals surface area contributed by atoms with Crippen LogP contribution in [0.4, 0.5) is 5.13 Å². The molecule has 1 rings (SSSR count). The Labute approximate surface area is 104 Å². The van der Waals surface area contributed by atoms with Gasteiger partial charge in [-0.3, -0.25) is 10.1 Å². The zero-order valence-corrected chi connectivity index (χ0v) is 11.2. The van der Waals surface area contributed by atoms with E-state index in [1.54, 1.807) is 6.92 Å². The Morgan fingerprint density at radius 3 is 2.56 bits per heavy atom. The van der Waals surface area contributed by atoms with Crippen molar-refractivity contribution in [2.75, 3.05) is 5.32 Å². The van der Waals surface area contributed by atoms with Crippen molar-refractivity contribution in [2.24, 2.45) is 0 Å². The molecule has 0 aliphatic carbocycles. The van der Waals surface area contributed by atoms with Gasteiger partial charge in [-0.2, -0.15) is 0 Å². The number of nitrogens with one attached hydrogen (secondary N) is 1. The second-order valence-corrected chi connectivity index (χ2v) is 5.23. The molecule has 1 N–H and O–H groups in total. The molecule has 0 radical (unpaired) electrons. The maximum Gasteiger partial charge on any atom is 0.243 e. The van der Waals surface area contributed by atoms with Crippen LogP contribution < -0.4 is 5.32 Å². The molecule has 1 heterocycles. The van der Waals surface area contributed by atoms with E-state index in [0.717, 1.165) is 17.8 Å². The van der Waals surface area contributed by atoms with Crippen LogP contribution in [-0.2, 0) is 4.79 Å². The van der Waals surface area contributed by atoms with Crippen LogP contribution in [0.3, 0.4) is 0 Å². The molecule has 0 aliphatic rings. The standard InChI is InChI=1S/C10H16ClN3OS/c1-4-7(5-2)9-13-14-10(16-9)12-8(15)6(3)11/h6-7H,4-5H2,1-3H3,(H,12,14,15). The fourth-order valence-corrected chi connectivity index (χ4v) is 2.36. The molecular formula is C10H16ClN3OS. The summed E-state index contributed by atoms with van der Waals surface area (Å²) >= 11 is 7.07. The van der Waals surface area contributed by atoms with E-state index in [9.17, 15) is 4.79 Å². The number of rotatable bonds is 5. The first-order valence-electron chi connectivity index (χ1n) is 5.36. The van der Waals surface area contributed by atoms with E-state index >= 15 is 0 Å². The fourth-order valence-electron chi connectivity index (χ4n) is 1.29. The number of hydrogen-bond acceptors (Lipinski definition) is 4. The van der Waals surface area contributed by atoms with Crippen molar-refractivity contribution in [1.82, 2.24) is 10.2 Å². The molecule has 0 saturated carbocycles. The van der Waals surface area contributed by atoms with Gasteiger partial charge in [-0.15, -0.1) is 21.8 Å². The van der Waals surface area contributed by atoms with Crippen molar-refractivity contribution in [3.63, 3.8) is 0 Å². The molecule has 0 spiro atoms. The molecule has 1 unspecified atom stereocenters. The van der Waals surface area contributed by atoms with E-state index in [1.165, 1.54) is 11.3 Å². The van der Waals surface area contributed by atoms with Crippen molar-refractivity contribution in [3.8, 4) is 0 Å². The van der Waals surface area contributed by atoms with E-state index in [4.69, 9.17) is 11.6 Å². The van der Waals surface area contributed by atoms with Crippen molar-refractivity contribution in [2.45, 2.75) is 44.9 Å². The van der Waals surface area contributed by atoms with Crippen molar-refractivity contribution in [1.29, 1.82) is 0 Å². The van der Waals surface area contributed by atoms with Crippen LogP contribution in [0.1, 0.15) is 44.5 Å². The summed E-state index contributed by atoms with van der Waals surface area (Å²) in [6, 6.07) is 0. The average molecular weight is 262 g/mol. The minimum absolute atomic E-state index is 0.242. The monoisotopic (exact) mass is 261 g/mol. The smallest absolute Gasteiger partial charge is 0.243 e. The predicted octanol–water partition coefficient (Wildman–Crippen LogP) is 3.01. The van der Waals surface area contributed by atoms with Gasteiger partial charge < -0.3 is 0 Å². The average Bonchev–Trinajstić information content (AvgIpc) is 2.68. The van der Waals surface area contributed by atoms with Crippen LogP contribution in [0.25, 0.3) is 0 Å². The molecule has 1 atom stereocenters. The first kappa shape index (κ1) is 13.4. The number of alkyl halides is 1. The zero-order valence-electron chi connectivity index (χ0n) is 9.66. The minimum Gasteiger partial charge on any atom is -0.299 e. The molecule has 0 aliphatic heterocycles. The van der Waals surface area contributed by atoms with Gasteiger partial charge in [0.25, 0.3) is 0 Å². The third-order valence-electron chi connectivity index (χ3n) is 2.37. The molecule has 16 heavy (non-hydrogen) atoms. The second-order valence-electron chi connectivity index (χ2n) is 3.56. The van der Waals surface area contributed by atoms with Crippen molar-refractivity contribution in [3.05, 3.63) is 5.01 Å². The first-order chi connectivity index (χ1) is 7.58. The van der Waals surface area contributed by atoms with Gasteiger partial charge in [-0.25, -0.2) is 0 Å². The van der Waals surface area contributed by atoms with Gasteiger partial charge in [-0.1, -0.05) is 25.2 Å². The lowest BCUT2D eigenvalue weighted by atomic mass is 10.1. The molecule has 1 aromatic rings. The maximum absolute atomic E-state index is 11.3. The summed E-state index contributed by atoms with van der Waals surface area (Å²) in [6.07, 6.45) is 2.07. The number of carbonyl (C=O) groups is 1. The summed E-state index contributed by atoms with van der Waals surface area (Å²) < 4.78 is 0. The molecule has 0 saturated heterocycles. The largest absolute Gasteiger partial charge is 0.299 e. The number of aromatic nitrogens is 2. The Bertz CT molecular complexity index is 350. The Balaban J connectivity index is 2.68. The Morgan fingerprint density at radius 1 is 1.44 bits per heavy atom. The molecule has 90 valence electrons. The summed E-state index contributed by atoms with van der Waals surface area (Å²) in [5, 5.41) is 11.6. The van der Waals surface area contributed by atoms with E-state index in [1.807, 2.05) is 0 Å². The van der Waals surface area contributed by atoms with E-state index in [2.05, 4.69) is 29.4 Å². The van der Waals surface area contributed by atoms with Crippen molar-refractivity contribution >= 4 is 34.0 Å². The highest BCUT2D eigenvalue weighted by molar-refractivity contribution is 7.15. The highest BCUT2D eigenvalue weighted by Gasteiger charge is 2.16. The van der Waals surface area contributed by atoms with Crippen LogP contribution in [0.5, 0.6) is 0 Å². The Kier molecular flexibility index (Phi) is 5.15. The van der Waals surface area contributed by atoms with E-state index in [-0.39, 0.29) is 5.91 Å². The second kappa shape index (κ2) is 6.15. The van der Waals surface area contributed by atoms with Crippen LogP contribution in [0, 0.1) is 0 Å². The lowest BCUT2D eigenvalue weighted by Gasteiger charge is -2.05. The highest BCUT2D eigenvalue weighted by atomic mass is 35.5. The van der Waals surface area contributed by atoms with Gasteiger partial charge in [0.05, 0.1) is 0 Å². The molecule has 1 amide bonds. The summed E-state index contributed by atoms with van der Waals surface area (Å²) in [6.45, 7) is 5.86. The SMILES string of the molecule is CCC(CC)c1nnc(NC(=O)C(C)Cl)s1. The Morgan fingerprint density at radius 2 is 2.06 bits per heavy atom. The van der Waals surface area contributed by atoms with E-state index < -0.39 is 5.38 Å². The van der Waals surface area contributed by atoms with Crippen LogP contribution in [0.15, 0.2) is 0 Å². The van der Waals surface area contributed by atoms with Gasteiger partial charge in [0.2, 0.25) is 11.0 Å². The number of nitrogens with zero attached hydrogens (tertiary/aromatic N) is 2. The number of amides is 1. The lowest BCUT2D eigenvalue weighted by molar-refractivity contribution is -0.115. The highest BCUT2D eigenvalue weighted by Crippen LogP contribution is 2.28. The van der Waals surface area contributed by atoms with Crippen LogP contribution in [0.2, 0.25) is 0 Å². The lowest BCUT2D eigenvalue weighted by Crippen LogP contribution is -2.20. The molecule has 1 aromatic heterocycles. The Hall–Kier alpha value is -0.680. The molecular weight excluding hydrogens is 246 g/mol. The van der Waals surface area contributed by atoms with Crippen LogP contribution in [-0.4, -0.2) is 21.5 Å². The molecule has 0 aromatic carbocycles. The van der Waals surface area contributed by atoms with Gasteiger partial charge in [0, 0.05) is 5.92 Å². The number of anilines is 1. The summed E-state index contributed by atoms with van der Waals surface area (Å²) in [4.78, 5) is 11.3. The van der Waals surface area contributed by atoms with Gasteiger partial charge in [-0.05, 0) is 19.8 Å². The number of carbonyl (C=O) groups excluding carboxylic acids is 1. The number of halogens is 1. The minimum atomic E-state index is -0.555. The molecule has 6 heteroatoms. The third kappa shape index (κ3) is 3.42. The van der Waals surface area contributed by atoms with Crippen molar-refractivity contribution < 1.29 is 4.79 Å². The summed E-state index contributed by atoms with van der Waals surface area (Å²) in [7, 11) is 0. The summed E-state index contributed by atoms with van der Waals surface area (Å²) in [5.74, 6) is 0.186. The quantitative estimate of drug-likeness (QED) is 0.829. The normalized spacial score (nSPS) is 12.8. The third-order valence-corrected chi connectivity index (χ3v) is 3.57. The first-order valence-corrected chi connectivity index (χ1v) is 6.62. The van der Waals surface area contributed by atoms with Crippen LogP contribution >= 0.6 is 22.9 Å². The molecule has 0 bridgehead atoms. The summed E-state index contributed by atoms with van der Waals surface area (Å²) in [5.41, 5.74) is 0. The molecule has 4 nitrogen and oxygen atoms in total. The van der Waals surface area contributed by atoms with E-state index in [0.29, 0.717) is 11.0 Å². The maximum atomic E-state index is 11.3. The number of hydrogen-bond donors (Lipinski definition) is 1. The molecule has 0 fully saturated rings. The topological polar surface area (TPSA) is 54.9 Å². The fraction of sp³-hybridized carbons (Fsp3) is 0.700. The predicted molar refractivity (Wildman–Crippen MR) is 67.2 cm³/mol. The van der Waals surface area contributed by atoms with Gasteiger partial charge >= 0.3 is 0 Å².